The van der Waals surface area contributed by atoms with E-state index < -0.39 is 0 Å². The van der Waals surface area contributed by atoms with Crippen LogP contribution in [0.3, 0.4) is 0 Å². The number of para-hydroxylation sites is 1. The highest BCUT2D eigenvalue weighted by atomic mass is 79.9. The third-order valence-electron chi connectivity index (χ3n) is 3.88. The fourth-order valence-electron chi connectivity index (χ4n) is 2.77. The molecule has 0 amide bonds. The summed E-state index contributed by atoms with van der Waals surface area (Å²) in [7, 11) is 0. The minimum absolute atomic E-state index is 0.152. The summed E-state index contributed by atoms with van der Waals surface area (Å²) < 4.78 is 6.93. The zero-order valence-electron chi connectivity index (χ0n) is 11.5. The summed E-state index contributed by atoms with van der Waals surface area (Å²) in [5.41, 5.74) is 11.2. The van der Waals surface area contributed by atoms with Crippen molar-refractivity contribution in [2.45, 2.75) is 25.8 Å². The lowest BCUT2D eigenvalue weighted by atomic mass is 9.92. The minimum Gasteiger partial charge on any atom is -0.493 e. The number of fused-ring (bicyclic) bond motifs is 1. The second kappa shape index (κ2) is 5.58. The summed E-state index contributed by atoms with van der Waals surface area (Å²) in [6, 6.07) is 12.4. The van der Waals surface area contributed by atoms with Gasteiger partial charge in [-0.3, -0.25) is 0 Å². The second-order valence-electron chi connectivity index (χ2n) is 5.27. The predicted octanol–water partition coefficient (Wildman–Crippen LogP) is 4.13. The Morgan fingerprint density at radius 1 is 1.20 bits per heavy atom. The van der Waals surface area contributed by atoms with Gasteiger partial charge in [0.25, 0.3) is 0 Å². The Kier molecular flexibility index (Phi) is 3.81. The first-order valence-electron chi connectivity index (χ1n) is 6.93. The minimum atomic E-state index is -0.152. The van der Waals surface area contributed by atoms with Gasteiger partial charge in [-0.25, -0.2) is 0 Å². The number of hydrogen-bond donors (Lipinski definition) is 1. The van der Waals surface area contributed by atoms with Crippen LogP contribution >= 0.6 is 15.9 Å². The van der Waals surface area contributed by atoms with Crippen molar-refractivity contribution in [1.29, 1.82) is 0 Å². The Morgan fingerprint density at radius 2 is 2.05 bits per heavy atom. The molecule has 1 aliphatic rings. The molecule has 0 aromatic heterocycles. The topological polar surface area (TPSA) is 35.2 Å². The maximum atomic E-state index is 6.51. The van der Waals surface area contributed by atoms with Crippen LogP contribution in [0.1, 0.15) is 34.7 Å². The summed E-state index contributed by atoms with van der Waals surface area (Å²) in [6.45, 7) is 2.88. The summed E-state index contributed by atoms with van der Waals surface area (Å²) >= 11 is 3.53. The number of halogens is 1. The molecule has 0 bridgehead atoms. The number of hydrogen-bond acceptors (Lipinski definition) is 2. The van der Waals surface area contributed by atoms with E-state index in [2.05, 4.69) is 53.2 Å². The van der Waals surface area contributed by atoms with Crippen molar-refractivity contribution in [3.63, 3.8) is 0 Å². The van der Waals surface area contributed by atoms with E-state index in [-0.39, 0.29) is 6.04 Å². The largest absolute Gasteiger partial charge is 0.493 e. The molecule has 3 heteroatoms. The molecule has 2 aromatic carbocycles. The molecule has 0 fully saturated rings. The summed E-state index contributed by atoms with van der Waals surface area (Å²) in [6.07, 6.45) is 2.16. The van der Waals surface area contributed by atoms with Gasteiger partial charge in [0.2, 0.25) is 0 Å². The molecule has 0 saturated carbocycles. The van der Waals surface area contributed by atoms with Crippen LogP contribution in [0.25, 0.3) is 0 Å². The number of ether oxygens (including phenoxy) is 1. The van der Waals surface area contributed by atoms with Crippen LogP contribution in [0, 0.1) is 6.92 Å². The molecule has 1 heterocycles. The third-order valence-corrected chi connectivity index (χ3v) is 4.37. The van der Waals surface area contributed by atoms with Crippen LogP contribution in [0.2, 0.25) is 0 Å². The van der Waals surface area contributed by atoms with Crippen LogP contribution in [0.5, 0.6) is 5.75 Å². The van der Waals surface area contributed by atoms with E-state index in [1.165, 1.54) is 11.1 Å². The number of aryl methyl sites for hydroxylation is 2. The molecule has 0 radical (unpaired) electrons. The van der Waals surface area contributed by atoms with Gasteiger partial charge in [0.1, 0.15) is 5.75 Å². The molecule has 3 rings (SSSR count). The van der Waals surface area contributed by atoms with Gasteiger partial charge >= 0.3 is 0 Å². The van der Waals surface area contributed by atoms with Gasteiger partial charge in [-0.05, 0) is 48.6 Å². The molecule has 1 atom stereocenters. The summed E-state index contributed by atoms with van der Waals surface area (Å²) in [4.78, 5) is 0. The second-order valence-corrected chi connectivity index (χ2v) is 6.18. The SMILES string of the molecule is Cc1ccc(Br)cc1C(N)c1cccc2c1OCCC2. The Labute approximate surface area is 128 Å². The smallest absolute Gasteiger partial charge is 0.127 e. The molecule has 0 aliphatic carbocycles. The van der Waals surface area contributed by atoms with E-state index in [1.807, 2.05) is 6.07 Å². The normalized spacial score (nSPS) is 15.3. The lowest BCUT2D eigenvalue weighted by Gasteiger charge is -2.24. The van der Waals surface area contributed by atoms with Gasteiger partial charge < -0.3 is 10.5 Å². The fourth-order valence-corrected chi connectivity index (χ4v) is 3.15. The van der Waals surface area contributed by atoms with Gasteiger partial charge in [-0.2, -0.15) is 0 Å². The van der Waals surface area contributed by atoms with Gasteiger partial charge in [0.05, 0.1) is 12.6 Å². The van der Waals surface area contributed by atoms with E-state index in [0.29, 0.717) is 0 Å². The molecule has 2 aromatic rings. The molecule has 0 saturated heterocycles. The standard InChI is InChI=1S/C17H18BrNO/c1-11-7-8-13(18)10-15(11)16(19)14-6-2-4-12-5-3-9-20-17(12)14/h2,4,6-8,10,16H,3,5,9,19H2,1H3. The van der Waals surface area contributed by atoms with Crippen molar-refractivity contribution >= 4 is 15.9 Å². The van der Waals surface area contributed by atoms with Gasteiger partial charge in [-0.1, -0.05) is 40.2 Å². The zero-order chi connectivity index (χ0) is 14.1. The van der Waals surface area contributed by atoms with Crippen molar-refractivity contribution in [2.75, 3.05) is 6.61 Å². The molecule has 2 N–H and O–H groups in total. The van der Waals surface area contributed by atoms with E-state index in [4.69, 9.17) is 10.5 Å². The summed E-state index contributed by atoms with van der Waals surface area (Å²) in [5.74, 6) is 0.991. The molecule has 1 unspecified atom stereocenters. The maximum Gasteiger partial charge on any atom is 0.127 e. The third kappa shape index (κ3) is 2.48. The number of nitrogens with two attached hydrogens (primary N) is 1. The van der Waals surface area contributed by atoms with Gasteiger partial charge in [-0.15, -0.1) is 0 Å². The Bertz CT molecular complexity index is 639. The van der Waals surface area contributed by atoms with E-state index in [0.717, 1.165) is 40.8 Å². The first kappa shape index (κ1) is 13.7. The van der Waals surface area contributed by atoms with Crippen molar-refractivity contribution < 1.29 is 4.74 Å². The lowest BCUT2D eigenvalue weighted by Crippen LogP contribution is -2.18. The number of benzene rings is 2. The molecule has 2 nitrogen and oxygen atoms in total. The maximum absolute atomic E-state index is 6.51. The van der Waals surface area contributed by atoms with Crippen LogP contribution in [0.4, 0.5) is 0 Å². The number of rotatable bonds is 2. The fraction of sp³-hybridized carbons (Fsp3) is 0.294. The molecular weight excluding hydrogens is 314 g/mol. The highest BCUT2D eigenvalue weighted by Gasteiger charge is 2.20. The highest BCUT2D eigenvalue weighted by Crippen LogP contribution is 2.35. The van der Waals surface area contributed by atoms with Gasteiger partial charge in [0.15, 0.2) is 0 Å². The first-order valence-corrected chi connectivity index (χ1v) is 7.72. The Balaban J connectivity index is 2.06. The van der Waals surface area contributed by atoms with Crippen LogP contribution in [-0.2, 0) is 6.42 Å². The molecule has 1 aliphatic heterocycles. The highest BCUT2D eigenvalue weighted by molar-refractivity contribution is 9.10. The average molecular weight is 332 g/mol. The zero-order valence-corrected chi connectivity index (χ0v) is 13.1. The van der Waals surface area contributed by atoms with Crippen molar-refractivity contribution in [2.24, 2.45) is 5.73 Å². The Morgan fingerprint density at radius 3 is 2.90 bits per heavy atom. The first-order chi connectivity index (χ1) is 9.66. The quantitative estimate of drug-likeness (QED) is 0.897. The summed E-state index contributed by atoms with van der Waals surface area (Å²) in [5, 5.41) is 0. The average Bonchev–Trinajstić information content (AvgIpc) is 2.48. The predicted molar refractivity (Wildman–Crippen MR) is 85.2 cm³/mol. The van der Waals surface area contributed by atoms with Crippen molar-refractivity contribution in [1.82, 2.24) is 0 Å². The van der Waals surface area contributed by atoms with E-state index in [9.17, 15) is 0 Å². The van der Waals surface area contributed by atoms with Crippen LogP contribution < -0.4 is 10.5 Å². The molecule has 0 spiro atoms. The van der Waals surface area contributed by atoms with Crippen LogP contribution in [-0.4, -0.2) is 6.61 Å². The van der Waals surface area contributed by atoms with Crippen molar-refractivity contribution in [3.8, 4) is 5.75 Å². The van der Waals surface area contributed by atoms with E-state index in [1.54, 1.807) is 0 Å². The lowest BCUT2D eigenvalue weighted by molar-refractivity contribution is 0.284. The monoisotopic (exact) mass is 331 g/mol. The van der Waals surface area contributed by atoms with E-state index >= 15 is 0 Å². The molecule has 104 valence electrons. The van der Waals surface area contributed by atoms with Crippen LogP contribution in [0.15, 0.2) is 40.9 Å². The van der Waals surface area contributed by atoms with Crippen molar-refractivity contribution in [3.05, 3.63) is 63.1 Å². The van der Waals surface area contributed by atoms with Gasteiger partial charge in [0, 0.05) is 10.0 Å². The molecular formula is C17H18BrNO. The molecule has 20 heavy (non-hydrogen) atoms. The Hall–Kier alpha value is -1.32.